The van der Waals surface area contributed by atoms with Crippen molar-refractivity contribution in [2.75, 3.05) is 11.9 Å². The minimum absolute atomic E-state index is 0.00373. The molecule has 0 saturated heterocycles. The molecular weight excluding hydrogens is 410 g/mol. The Labute approximate surface area is 193 Å². The third-order valence-electron chi connectivity index (χ3n) is 7.54. The van der Waals surface area contributed by atoms with Crippen molar-refractivity contribution in [2.24, 2.45) is 5.92 Å². The summed E-state index contributed by atoms with van der Waals surface area (Å²) in [6.07, 6.45) is 0. The smallest absolute Gasteiger partial charge is 0.200 e. The summed E-state index contributed by atoms with van der Waals surface area (Å²) >= 11 is 0. The Balaban J connectivity index is 1.59. The fourth-order valence-corrected chi connectivity index (χ4v) is 5.69. The molecule has 4 aromatic rings. The first-order valence-electron chi connectivity index (χ1n) is 11.5. The predicted octanol–water partition coefficient (Wildman–Crippen LogP) is 6.53. The first kappa shape index (κ1) is 20.1. The molecule has 6 rings (SSSR count). The average Bonchev–Trinajstić information content (AvgIpc) is 2.80. The van der Waals surface area contributed by atoms with E-state index in [2.05, 4.69) is 44.3 Å². The number of hydrogen-bond acceptors (Lipinski definition) is 4. The van der Waals surface area contributed by atoms with Crippen LogP contribution < -0.4 is 15.5 Å². The molecule has 1 aromatic heterocycles. The van der Waals surface area contributed by atoms with Crippen LogP contribution in [0.15, 0.2) is 69.9 Å². The highest BCUT2D eigenvalue weighted by molar-refractivity contribution is 5.88. The van der Waals surface area contributed by atoms with Gasteiger partial charge in [-0.15, -0.1) is 0 Å². The van der Waals surface area contributed by atoms with Crippen molar-refractivity contribution in [3.05, 3.63) is 93.3 Å². The number of nitrogens with one attached hydrogen (secondary N) is 1. The maximum Gasteiger partial charge on any atom is 0.200 e. The van der Waals surface area contributed by atoms with Crippen molar-refractivity contribution < 1.29 is 9.15 Å². The second kappa shape index (κ2) is 6.98. The number of hydrogen-bond donors (Lipinski definition) is 1. The molecule has 2 aliphatic heterocycles. The Morgan fingerprint density at radius 1 is 1.00 bits per heavy atom. The lowest BCUT2D eigenvalue weighted by atomic mass is 9.65. The Morgan fingerprint density at radius 3 is 2.58 bits per heavy atom. The molecular formula is C29H27NO3. The largest absolute Gasteiger partial charge is 0.493 e. The lowest BCUT2D eigenvalue weighted by molar-refractivity contribution is 0.136. The van der Waals surface area contributed by atoms with Crippen molar-refractivity contribution in [3.8, 4) is 16.9 Å². The zero-order valence-corrected chi connectivity index (χ0v) is 19.4. The van der Waals surface area contributed by atoms with E-state index < -0.39 is 0 Å². The standard InChI is InChI=1S/C29H27NO3/c1-16-10-12-22-20(14-16)29(3,4)21-15-32-23-13-11-19-27(31)24(18-8-6-5-7-9-18)17(2)33-28(19)25(23)26(21)30-22/h5-14,21,26,30H,15H2,1-4H3/t21-,26-/m0/s1. The van der Waals surface area contributed by atoms with Crippen LogP contribution in [0.1, 0.15) is 42.3 Å². The van der Waals surface area contributed by atoms with Gasteiger partial charge in [0.25, 0.3) is 0 Å². The van der Waals surface area contributed by atoms with Crippen molar-refractivity contribution in [1.29, 1.82) is 0 Å². The van der Waals surface area contributed by atoms with E-state index >= 15 is 0 Å². The molecule has 0 aliphatic carbocycles. The minimum Gasteiger partial charge on any atom is -0.493 e. The minimum atomic E-state index is -0.101. The van der Waals surface area contributed by atoms with Crippen molar-refractivity contribution >= 4 is 16.7 Å². The Bertz CT molecular complexity index is 1470. The highest BCUT2D eigenvalue weighted by atomic mass is 16.5. The molecule has 3 aromatic carbocycles. The average molecular weight is 438 g/mol. The van der Waals surface area contributed by atoms with Crippen LogP contribution in [0.3, 0.4) is 0 Å². The first-order valence-corrected chi connectivity index (χ1v) is 11.5. The molecule has 1 N–H and O–H groups in total. The van der Waals surface area contributed by atoms with Crippen LogP contribution in [0.4, 0.5) is 5.69 Å². The van der Waals surface area contributed by atoms with E-state index in [4.69, 9.17) is 9.15 Å². The summed E-state index contributed by atoms with van der Waals surface area (Å²) in [7, 11) is 0. The molecule has 4 heteroatoms. The number of anilines is 1. The van der Waals surface area contributed by atoms with Gasteiger partial charge < -0.3 is 14.5 Å². The fraction of sp³-hybridized carbons (Fsp3) is 0.276. The normalized spacial score (nSPS) is 20.2. The summed E-state index contributed by atoms with van der Waals surface area (Å²) in [6.45, 7) is 9.20. The second-order valence-corrected chi connectivity index (χ2v) is 9.89. The van der Waals surface area contributed by atoms with Gasteiger partial charge in [0, 0.05) is 17.0 Å². The predicted molar refractivity (Wildman–Crippen MR) is 132 cm³/mol. The number of benzene rings is 3. The summed E-state index contributed by atoms with van der Waals surface area (Å²) in [5, 5.41) is 4.37. The van der Waals surface area contributed by atoms with Crippen molar-refractivity contribution in [1.82, 2.24) is 0 Å². The van der Waals surface area contributed by atoms with E-state index in [0.717, 1.165) is 22.6 Å². The molecule has 2 atom stereocenters. The number of aryl methyl sites for hydroxylation is 2. The van der Waals surface area contributed by atoms with E-state index in [1.165, 1.54) is 11.1 Å². The van der Waals surface area contributed by atoms with Crippen LogP contribution in [-0.4, -0.2) is 6.61 Å². The van der Waals surface area contributed by atoms with Gasteiger partial charge in [-0.3, -0.25) is 4.79 Å². The monoisotopic (exact) mass is 437 g/mol. The molecule has 166 valence electrons. The van der Waals surface area contributed by atoms with Gasteiger partial charge in [0.05, 0.1) is 29.2 Å². The zero-order chi connectivity index (χ0) is 22.9. The van der Waals surface area contributed by atoms with E-state index in [0.29, 0.717) is 28.9 Å². The fourth-order valence-electron chi connectivity index (χ4n) is 5.69. The van der Waals surface area contributed by atoms with Gasteiger partial charge in [-0.05, 0) is 43.2 Å². The van der Waals surface area contributed by atoms with Gasteiger partial charge in [0.2, 0.25) is 5.43 Å². The molecule has 0 unspecified atom stereocenters. The van der Waals surface area contributed by atoms with E-state index in [1.54, 1.807) is 0 Å². The maximum absolute atomic E-state index is 13.6. The summed E-state index contributed by atoms with van der Waals surface area (Å²) in [4.78, 5) is 13.6. The van der Waals surface area contributed by atoms with Crippen LogP contribution in [0.2, 0.25) is 0 Å². The maximum atomic E-state index is 13.6. The number of fused-ring (bicyclic) bond motifs is 6. The second-order valence-electron chi connectivity index (χ2n) is 9.89. The van der Waals surface area contributed by atoms with E-state index in [1.807, 2.05) is 49.4 Å². The molecule has 0 spiro atoms. The number of rotatable bonds is 1. The molecule has 33 heavy (non-hydrogen) atoms. The molecule has 3 heterocycles. The summed E-state index contributed by atoms with van der Waals surface area (Å²) in [6, 6.07) is 20.1. The third-order valence-corrected chi connectivity index (χ3v) is 7.54. The number of ether oxygens (including phenoxy) is 1. The van der Waals surface area contributed by atoms with Gasteiger partial charge in [-0.2, -0.15) is 0 Å². The highest BCUT2D eigenvalue weighted by Crippen LogP contribution is 2.53. The Hall–Kier alpha value is -3.53. The van der Waals surface area contributed by atoms with Crippen LogP contribution in [0.5, 0.6) is 5.75 Å². The van der Waals surface area contributed by atoms with Crippen LogP contribution >= 0.6 is 0 Å². The molecule has 0 saturated carbocycles. The zero-order valence-electron chi connectivity index (χ0n) is 19.4. The van der Waals surface area contributed by atoms with Gasteiger partial charge >= 0.3 is 0 Å². The summed E-state index contributed by atoms with van der Waals surface area (Å²) in [5.74, 6) is 1.61. The molecule has 0 bridgehead atoms. The Kier molecular flexibility index (Phi) is 4.25. The van der Waals surface area contributed by atoms with Crippen molar-refractivity contribution in [3.63, 3.8) is 0 Å². The molecule has 0 radical (unpaired) electrons. The van der Waals surface area contributed by atoms with E-state index in [9.17, 15) is 4.79 Å². The van der Waals surface area contributed by atoms with Crippen LogP contribution in [-0.2, 0) is 5.41 Å². The quantitative estimate of drug-likeness (QED) is 0.368. The summed E-state index contributed by atoms with van der Waals surface area (Å²) in [5.41, 5.74) is 6.66. The van der Waals surface area contributed by atoms with Crippen molar-refractivity contribution in [2.45, 2.75) is 39.2 Å². The topological polar surface area (TPSA) is 51.5 Å². The van der Waals surface area contributed by atoms with Gasteiger partial charge in [0.15, 0.2) is 0 Å². The SMILES string of the molecule is Cc1ccc2c(c1)C(C)(C)[C@H]1COc3ccc4c(=O)c(-c5ccccc5)c(C)oc4c3[C@H]1N2. The van der Waals surface area contributed by atoms with Crippen LogP contribution in [0, 0.1) is 19.8 Å². The molecule has 4 nitrogen and oxygen atoms in total. The lowest BCUT2D eigenvalue weighted by Crippen LogP contribution is -2.46. The molecule has 2 aliphatic rings. The van der Waals surface area contributed by atoms with Gasteiger partial charge in [0.1, 0.15) is 17.1 Å². The third kappa shape index (κ3) is 2.86. The lowest BCUT2D eigenvalue weighted by Gasteiger charge is -2.48. The molecule has 0 amide bonds. The van der Waals surface area contributed by atoms with E-state index in [-0.39, 0.29) is 22.8 Å². The van der Waals surface area contributed by atoms with Crippen LogP contribution in [0.25, 0.3) is 22.1 Å². The first-order chi connectivity index (χ1) is 15.9. The highest BCUT2D eigenvalue weighted by Gasteiger charge is 2.47. The summed E-state index contributed by atoms with van der Waals surface area (Å²) < 4.78 is 12.7. The molecule has 0 fully saturated rings. The Morgan fingerprint density at radius 2 is 1.79 bits per heavy atom. The van der Waals surface area contributed by atoms with Gasteiger partial charge in [-0.25, -0.2) is 0 Å². The van der Waals surface area contributed by atoms with Gasteiger partial charge in [-0.1, -0.05) is 61.9 Å².